The third-order valence-corrected chi connectivity index (χ3v) is 2.92. The number of nitrogens with zero attached hydrogens (tertiary/aromatic N) is 1. The van der Waals surface area contributed by atoms with E-state index in [9.17, 15) is 4.79 Å². The van der Waals surface area contributed by atoms with Crippen molar-refractivity contribution in [3.8, 4) is 0 Å². The second-order valence-corrected chi connectivity index (χ2v) is 4.33. The lowest BCUT2D eigenvalue weighted by Gasteiger charge is -2.32. The largest absolute Gasteiger partial charge is 1.00 e. The van der Waals surface area contributed by atoms with Crippen molar-refractivity contribution < 1.29 is 33.3 Å². The highest BCUT2D eigenvalue weighted by atomic mass is 127. The zero-order valence-corrected chi connectivity index (χ0v) is 11.4. The van der Waals surface area contributed by atoms with Gasteiger partial charge in [-0.25, -0.2) is 0 Å². The summed E-state index contributed by atoms with van der Waals surface area (Å²) >= 11 is 3.42. The fraction of sp³-hybridized carbons (Fsp3) is 0.875. The molecule has 0 radical (unpaired) electrons. The first-order chi connectivity index (χ1) is 5.68. The molecule has 0 aliphatic carbocycles. The first-order valence-corrected chi connectivity index (χ1v) is 5.50. The Labute approximate surface area is 105 Å². The summed E-state index contributed by atoms with van der Waals surface area (Å²) in [6, 6.07) is 0. The predicted octanol–water partition coefficient (Wildman–Crippen LogP) is -2.52. The normalized spacial score (nSPS) is 19.5. The van der Waals surface area contributed by atoms with Crippen molar-refractivity contribution in [1.29, 1.82) is 0 Å². The van der Waals surface area contributed by atoms with Gasteiger partial charge in [-0.05, 0) is 0 Å². The minimum atomic E-state index is -0.169. The van der Waals surface area contributed by atoms with Gasteiger partial charge in [0.25, 0.3) is 5.91 Å². The summed E-state index contributed by atoms with van der Waals surface area (Å²) in [5.41, 5.74) is 5.22. The van der Waals surface area contributed by atoms with Gasteiger partial charge in [-0.15, -0.1) is 0 Å². The fourth-order valence-corrected chi connectivity index (χ4v) is 2.73. The molecule has 0 spiro atoms. The van der Waals surface area contributed by atoms with E-state index >= 15 is 0 Å². The molecule has 3 nitrogen and oxygen atoms in total. The van der Waals surface area contributed by atoms with Crippen LogP contribution in [-0.2, 0) is 4.79 Å². The third-order valence-electron chi connectivity index (χ3n) is 2.57. The van der Waals surface area contributed by atoms with Crippen molar-refractivity contribution in [3.63, 3.8) is 0 Å². The Morgan fingerprint density at radius 2 is 1.92 bits per heavy atom. The minimum absolute atomic E-state index is 0. The summed E-state index contributed by atoms with van der Waals surface area (Å²) in [4.78, 5) is 10.8. The number of alkyl halides is 1. The first kappa shape index (κ1) is 13.6. The zero-order valence-electron chi connectivity index (χ0n) is 7.64. The Morgan fingerprint density at radius 1 is 1.38 bits per heavy atom. The van der Waals surface area contributed by atoms with Crippen LogP contribution in [-0.4, -0.2) is 41.9 Å². The second-order valence-electron chi connectivity index (χ2n) is 3.53. The molecule has 0 saturated carbocycles. The summed E-state index contributed by atoms with van der Waals surface area (Å²) in [6.45, 7) is 3.79. The van der Waals surface area contributed by atoms with Gasteiger partial charge in [-0.3, -0.25) is 4.79 Å². The van der Waals surface area contributed by atoms with Crippen LogP contribution in [0.5, 0.6) is 0 Å². The second kappa shape index (κ2) is 6.19. The molecule has 0 bridgehead atoms. The van der Waals surface area contributed by atoms with Crippen molar-refractivity contribution >= 4 is 21.8 Å². The summed E-state index contributed by atoms with van der Waals surface area (Å²) in [6.07, 6.45) is 2.47. The molecular formula is C8H16BrIN2O. The van der Waals surface area contributed by atoms with Crippen molar-refractivity contribution in [2.24, 2.45) is 5.73 Å². The summed E-state index contributed by atoms with van der Waals surface area (Å²) in [7, 11) is 0. The monoisotopic (exact) mass is 362 g/mol. The molecule has 0 aromatic heterocycles. The van der Waals surface area contributed by atoms with E-state index in [-0.39, 0.29) is 29.9 Å². The maximum atomic E-state index is 10.8. The number of rotatable bonds is 4. The quantitative estimate of drug-likeness (QED) is 0.335. The molecule has 1 amide bonds. The molecule has 2 N–H and O–H groups in total. The van der Waals surface area contributed by atoms with Crippen molar-refractivity contribution in [2.75, 3.05) is 31.5 Å². The van der Waals surface area contributed by atoms with Crippen LogP contribution in [0.3, 0.4) is 0 Å². The van der Waals surface area contributed by atoms with Crippen molar-refractivity contribution in [3.05, 3.63) is 0 Å². The van der Waals surface area contributed by atoms with Gasteiger partial charge in [-0.2, -0.15) is 0 Å². The van der Waals surface area contributed by atoms with Crippen LogP contribution < -0.4 is 29.7 Å². The Balaban J connectivity index is 0.00000144. The average Bonchev–Trinajstić information content (AvgIpc) is 2.36. The summed E-state index contributed by atoms with van der Waals surface area (Å²) in [5, 5.41) is 0.959. The highest BCUT2D eigenvalue weighted by molar-refractivity contribution is 9.09. The van der Waals surface area contributed by atoms with Crippen LogP contribution in [0.15, 0.2) is 0 Å². The Kier molecular flexibility index (Phi) is 6.49. The SMILES string of the molecule is NC(=O)C[N+]1(CCBr)CCCC1.[I-]. The Bertz CT molecular complexity index is 172. The lowest BCUT2D eigenvalue weighted by Crippen LogP contribution is -3.00. The number of likely N-dealkylation sites (tertiary alicyclic amines) is 1. The topological polar surface area (TPSA) is 43.1 Å². The van der Waals surface area contributed by atoms with Crippen molar-refractivity contribution in [2.45, 2.75) is 12.8 Å². The maximum Gasteiger partial charge on any atom is 0.272 e. The van der Waals surface area contributed by atoms with E-state index in [1.54, 1.807) is 0 Å². The van der Waals surface area contributed by atoms with Crippen molar-refractivity contribution in [1.82, 2.24) is 0 Å². The molecule has 1 saturated heterocycles. The van der Waals surface area contributed by atoms with E-state index in [1.165, 1.54) is 12.8 Å². The predicted molar refractivity (Wildman–Crippen MR) is 52.0 cm³/mol. The number of primary amides is 1. The van der Waals surface area contributed by atoms with Gasteiger partial charge in [0.15, 0.2) is 6.54 Å². The Hall–Kier alpha value is 0.640. The highest BCUT2D eigenvalue weighted by Gasteiger charge is 2.32. The summed E-state index contributed by atoms with van der Waals surface area (Å²) < 4.78 is 0.903. The molecule has 0 aromatic rings. The number of hydrogen-bond acceptors (Lipinski definition) is 1. The van der Waals surface area contributed by atoms with E-state index in [0.29, 0.717) is 6.54 Å². The van der Waals surface area contributed by atoms with E-state index in [2.05, 4.69) is 15.9 Å². The van der Waals surface area contributed by atoms with Gasteiger partial charge in [0.2, 0.25) is 0 Å². The van der Waals surface area contributed by atoms with Gasteiger partial charge in [0.1, 0.15) is 0 Å². The van der Waals surface area contributed by atoms with Crippen LogP contribution in [0.25, 0.3) is 0 Å². The first-order valence-electron chi connectivity index (χ1n) is 4.38. The molecule has 1 rings (SSSR count). The van der Waals surface area contributed by atoms with Crippen LogP contribution in [0.4, 0.5) is 0 Å². The summed E-state index contributed by atoms with van der Waals surface area (Å²) in [5.74, 6) is -0.169. The lowest BCUT2D eigenvalue weighted by atomic mass is 10.4. The molecule has 5 heteroatoms. The molecule has 1 aliphatic heterocycles. The number of carbonyl (C=O) groups is 1. The molecule has 13 heavy (non-hydrogen) atoms. The average molecular weight is 363 g/mol. The molecule has 0 atom stereocenters. The molecule has 0 unspecified atom stereocenters. The number of halogens is 2. The van der Waals surface area contributed by atoms with Gasteiger partial charge in [0, 0.05) is 12.8 Å². The van der Waals surface area contributed by atoms with E-state index < -0.39 is 0 Å². The van der Waals surface area contributed by atoms with Gasteiger partial charge in [-0.1, -0.05) is 15.9 Å². The third kappa shape index (κ3) is 4.12. The number of quaternary nitrogens is 1. The van der Waals surface area contributed by atoms with Crippen LogP contribution in [0.1, 0.15) is 12.8 Å². The standard InChI is InChI=1S/C8H15BrN2O.HI/c9-3-6-11(7-8(10)12)4-1-2-5-11;/h1-7H2,(H-,10,12);1H. The zero-order chi connectivity index (χ0) is 9.03. The van der Waals surface area contributed by atoms with Gasteiger partial charge < -0.3 is 34.2 Å². The van der Waals surface area contributed by atoms with Crippen LogP contribution in [0, 0.1) is 0 Å². The molecule has 1 fully saturated rings. The van der Waals surface area contributed by atoms with E-state index in [0.717, 1.165) is 29.4 Å². The molecule has 1 heterocycles. The fourth-order valence-electron chi connectivity index (χ4n) is 1.98. The number of hydrogen-bond donors (Lipinski definition) is 1. The Morgan fingerprint density at radius 3 is 2.31 bits per heavy atom. The van der Waals surface area contributed by atoms with Crippen LogP contribution >= 0.6 is 15.9 Å². The minimum Gasteiger partial charge on any atom is -1.00 e. The smallest absolute Gasteiger partial charge is 0.272 e. The molecule has 78 valence electrons. The molecular weight excluding hydrogens is 347 g/mol. The van der Waals surface area contributed by atoms with Gasteiger partial charge >= 0.3 is 0 Å². The van der Waals surface area contributed by atoms with E-state index in [1.807, 2.05) is 0 Å². The maximum absolute atomic E-state index is 10.8. The lowest BCUT2D eigenvalue weighted by molar-refractivity contribution is -0.906. The number of amides is 1. The molecule has 0 aromatic carbocycles. The molecule has 1 aliphatic rings. The van der Waals surface area contributed by atoms with E-state index in [4.69, 9.17) is 5.73 Å². The highest BCUT2D eigenvalue weighted by Crippen LogP contribution is 2.18. The van der Waals surface area contributed by atoms with Gasteiger partial charge in [0.05, 0.1) is 25.0 Å². The number of nitrogens with two attached hydrogens (primary N) is 1. The van der Waals surface area contributed by atoms with Crippen LogP contribution in [0.2, 0.25) is 0 Å². The number of carbonyl (C=O) groups excluding carboxylic acids is 1.